The number of nitrogens with one attached hydrogen (secondary N) is 1. The number of nitrogens with zero attached hydrogens (tertiary/aromatic N) is 2. The molecule has 0 saturated carbocycles. The molecule has 0 bridgehead atoms. The second-order valence-corrected chi connectivity index (χ2v) is 4.35. The summed E-state index contributed by atoms with van der Waals surface area (Å²) in [6.07, 6.45) is 3.36. The monoisotopic (exact) mass is 293 g/mol. The zero-order chi connectivity index (χ0) is 12.1. The molecule has 4 nitrogen and oxygen atoms in total. The highest BCUT2D eigenvalue weighted by Crippen LogP contribution is 2.21. The standard InChI is InChI=1S/C12H12BrN3O/c1-14-7-10-3-2-4-12(16-10)17-11-5-9(13)6-15-8-11/h2-6,8,14H,7H2,1H3. The minimum Gasteiger partial charge on any atom is -0.437 e. The van der Waals surface area contributed by atoms with Gasteiger partial charge < -0.3 is 10.1 Å². The normalized spacial score (nSPS) is 10.2. The van der Waals surface area contributed by atoms with Crippen molar-refractivity contribution in [2.75, 3.05) is 7.05 Å². The average molecular weight is 294 g/mol. The van der Waals surface area contributed by atoms with Crippen molar-refractivity contribution in [3.05, 3.63) is 46.8 Å². The van der Waals surface area contributed by atoms with Crippen LogP contribution in [0.1, 0.15) is 5.69 Å². The lowest BCUT2D eigenvalue weighted by molar-refractivity contribution is 0.457. The van der Waals surface area contributed by atoms with Gasteiger partial charge in [0.2, 0.25) is 5.88 Å². The highest BCUT2D eigenvalue weighted by atomic mass is 79.9. The largest absolute Gasteiger partial charge is 0.437 e. The third-order valence-corrected chi connectivity index (χ3v) is 2.47. The molecule has 0 spiro atoms. The van der Waals surface area contributed by atoms with E-state index in [0.717, 1.165) is 10.2 Å². The van der Waals surface area contributed by atoms with E-state index >= 15 is 0 Å². The Bertz CT molecular complexity index is 505. The van der Waals surface area contributed by atoms with Crippen LogP contribution in [0.15, 0.2) is 41.1 Å². The molecule has 2 heterocycles. The lowest BCUT2D eigenvalue weighted by Crippen LogP contribution is -2.06. The Morgan fingerprint density at radius 1 is 1.35 bits per heavy atom. The lowest BCUT2D eigenvalue weighted by atomic mass is 10.3. The van der Waals surface area contributed by atoms with Crippen LogP contribution >= 0.6 is 15.9 Å². The first-order chi connectivity index (χ1) is 8.28. The molecule has 0 saturated heterocycles. The number of pyridine rings is 2. The molecule has 0 aliphatic rings. The molecule has 2 rings (SSSR count). The van der Waals surface area contributed by atoms with Crippen molar-refractivity contribution in [3.63, 3.8) is 0 Å². The van der Waals surface area contributed by atoms with Gasteiger partial charge in [0.1, 0.15) is 5.75 Å². The molecule has 0 aliphatic carbocycles. The quantitative estimate of drug-likeness (QED) is 0.942. The molecular weight excluding hydrogens is 282 g/mol. The Kier molecular flexibility index (Phi) is 4.06. The molecule has 5 heteroatoms. The maximum Gasteiger partial charge on any atom is 0.219 e. The maximum atomic E-state index is 5.61. The Hall–Kier alpha value is -1.46. The van der Waals surface area contributed by atoms with Crippen LogP contribution in [0.2, 0.25) is 0 Å². The summed E-state index contributed by atoms with van der Waals surface area (Å²) in [7, 11) is 1.88. The number of hydrogen-bond donors (Lipinski definition) is 1. The first-order valence-corrected chi connectivity index (χ1v) is 5.96. The van der Waals surface area contributed by atoms with Crippen molar-refractivity contribution in [3.8, 4) is 11.6 Å². The van der Waals surface area contributed by atoms with Gasteiger partial charge in [0, 0.05) is 23.3 Å². The van der Waals surface area contributed by atoms with Crippen LogP contribution in [0.5, 0.6) is 11.6 Å². The Balaban J connectivity index is 2.15. The van der Waals surface area contributed by atoms with Crippen molar-refractivity contribution < 1.29 is 4.74 Å². The van der Waals surface area contributed by atoms with Crippen LogP contribution in [-0.4, -0.2) is 17.0 Å². The number of halogens is 1. The molecule has 0 fully saturated rings. The zero-order valence-corrected chi connectivity index (χ0v) is 10.9. The number of rotatable bonds is 4. The minimum atomic E-state index is 0.567. The van der Waals surface area contributed by atoms with Gasteiger partial charge in [-0.1, -0.05) is 6.07 Å². The van der Waals surface area contributed by atoms with E-state index in [1.807, 2.05) is 31.3 Å². The lowest BCUT2D eigenvalue weighted by Gasteiger charge is -2.06. The van der Waals surface area contributed by atoms with Gasteiger partial charge in [-0.25, -0.2) is 4.98 Å². The molecule has 0 radical (unpaired) electrons. The fourth-order valence-corrected chi connectivity index (χ4v) is 1.71. The number of aromatic nitrogens is 2. The molecule has 0 aliphatic heterocycles. The van der Waals surface area contributed by atoms with Gasteiger partial charge in [0.05, 0.1) is 11.9 Å². The van der Waals surface area contributed by atoms with Gasteiger partial charge in [-0.05, 0) is 35.1 Å². The summed E-state index contributed by atoms with van der Waals surface area (Å²) in [6.45, 7) is 0.716. The van der Waals surface area contributed by atoms with Crippen molar-refractivity contribution in [1.82, 2.24) is 15.3 Å². The van der Waals surface area contributed by atoms with Crippen molar-refractivity contribution in [2.24, 2.45) is 0 Å². The molecule has 0 atom stereocenters. The summed E-state index contributed by atoms with van der Waals surface area (Å²) in [5, 5.41) is 3.05. The topological polar surface area (TPSA) is 47.0 Å². The van der Waals surface area contributed by atoms with E-state index in [1.165, 1.54) is 0 Å². The fraction of sp³-hybridized carbons (Fsp3) is 0.167. The first kappa shape index (κ1) is 12.0. The summed E-state index contributed by atoms with van der Waals surface area (Å²) < 4.78 is 6.49. The Morgan fingerprint density at radius 2 is 2.24 bits per heavy atom. The second-order valence-electron chi connectivity index (χ2n) is 3.44. The van der Waals surface area contributed by atoms with Crippen LogP contribution in [0.25, 0.3) is 0 Å². The molecule has 2 aromatic heterocycles. The van der Waals surface area contributed by atoms with Gasteiger partial charge >= 0.3 is 0 Å². The van der Waals surface area contributed by atoms with Crippen LogP contribution in [0.4, 0.5) is 0 Å². The second kappa shape index (κ2) is 5.75. The van der Waals surface area contributed by atoms with E-state index in [9.17, 15) is 0 Å². The summed E-state index contributed by atoms with van der Waals surface area (Å²) in [4.78, 5) is 8.39. The van der Waals surface area contributed by atoms with Crippen LogP contribution in [0.3, 0.4) is 0 Å². The maximum absolute atomic E-state index is 5.61. The third kappa shape index (κ3) is 3.51. The van der Waals surface area contributed by atoms with Crippen LogP contribution in [0, 0.1) is 0 Å². The van der Waals surface area contributed by atoms with E-state index in [1.54, 1.807) is 12.4 Å². The number of hydrogen-bond acceptors (Lipinski definition) is 4. The molecule has 0 amide bonds. The smallest absolute Gasteiger partial charge is 0.219 e. The van der Waals surface area contributed by atoms with E-state index in [4.69, 9.17) is 4.74 Å². The predicted octanol–water partition coefficient (Wildman–Crippen LogP) is 2.75. The predicted molar refractivity (Wildman–Crippen MR) is 69.0 cm³/mol. The first-order valence-electron chi connectivity index (χ1n) is 5.17. The molecule has 88 valence electrons. The fourth-order valence-electron chi connectivity index (χ4n) is 1.36. The molecule has 0 unspecified atom stereocenters. The van der Waals surface area contributed by atoms with Crippen LogP contribution in [-0.2, 0) is 6.54 Å². The zero-order valence-electron chi connectivity index (χ0n) is 9.35. The summed E-state index contributed by atoms with van der Waals surface area (Å²) in [5.74, 6) is 1.23. The van der Waals surface area contributed by atoms with Crippen LogP contribution < -0.4 is 10.1 Å². The molecule has 17 heavy (non-hydrogen) atoms. The van der Waals surface area contributed by atoms with Gasteiger partial charge in [-0.2, -0.15) is 0 Å². The van der Waals surface area contributed by atoms with E-state index in [0.29, 0.717) is 18.2 Å². The molecule has 0 aromatic carbocycles. The summed E-state index contributed by atoms with van der Waals surface area (Å²) >= 11 is 3.34. The third-order valence-electron chi connectivity index (χ3n) is 2.04. The SMILES string of the molecule is CNCc1cccc(Oc2cncc(Br)c2)n1. The Labute approximate surface area is 108 Å². The van der Waals surface area contributed by atoms with E-state index in [-0.39, 0.29) is 0 Å². The van der Waals surface area contributed by atoms with Crippen molar-refractivity contribution >= 4 is 15.9 Å². The van der Waals surface area contributed by atoms with Crippen molar-refractivity contribution in [1.29, 1.82) is 0 Å². The molecule has 2 aromatic rings. The molecular formula is C12H12BrN3O. The van der Waals surface area contributed by atoms with Crippen molar-refractivity contribution in [2.45, 2.75) is 6.54 Å². The van der Waals surface area contributed by atoms with Gasteiger partial charge in [-0.15, -0.1) is 0 Å². The average Bonchev–Trinajstić information content (AvgIpc) is 2.30. The Morgan fingerprint density at radius 3 is 3.00 bits per heavy atom. The van der Waals surface area contributed by atoms with E-state index in [2.05, 4.69) is 31.2 Å². The number of ether oxygens (including phenoxy) is 1. The highest BCUT2D eigenvalue weighted by Gasteiger charge is 2.01. The minimum absolute atomic E-state index is 0.567. The van der Waals surface area contributed by atoms with E-state index < -0.39 is 0 Å². The highest BCUT2D eigenvalue weighted by molar-refractivity contribution is 9.10. The molecule has 1 N–H and O–H groups in total. The summed E-state index contributed by atoms with van der Waals surface area (Å²) in [5.41, 5.74) is 0.938. The van der Waals surface area contributed by atoms with Gasteiger partial charge in [0.25, 0.3) is 0 Å². The van der Waals surface area contributed by atoms with Gasteiger partial charge in [0.15, 0.2) is 0 Å². The summed E-state index contributed by atoms with van der Waals surface area (Å²) in [6, 6.07) is 7.53. The van der Waals surface area contributed by atoms with Gasteiger partial charge in [-0.3, -0.25) is 4.98 Å².